The van der Waals surface area contributed by atoms with Gasteiger partial charge in [0.25, 0.3) is 0 Å². The van der Waals surface area contributed by atoms with E-state index in [0.29, 0.717) is 6.41 Å². The second kappa shape index (κ2) is 8.19. The Morgan fingerprint density at radius 2 is 1.55 bits per heavy atom. The summed E-state index contributed by atoms with van der Waals surface area (Å²) in [5, 5.41) is 0. The fourth-order valence-corrected chi connectivity index (χ4v) is 1.38. The number of nitrogens with two attached hydrogens (primary N) is 1. The van der Waals surface area contributed by atoms with E-state index in [0.717, 1.165) is 4.90 Å². The highest BCUT2D eigenvalue weighted by atomic mass is 16.5. The summed E-state index contributed by atoms with van der Waals surface area (Å²) in [7, 11) is 4.50. The zero-order valence-corrected chi connectivity index (χ0v) is 11.6. The van der Waals surface area contributed by atoms with Gasteiger partial charge in [-0.25, -0.2) is 0 Å². The Bertz CT molecular complexity index is 426. The number of hydrogen-bond acceptors (Lipinski definition) is 9. The molecule has 0 aliphatic rings. The minimum absolute atomic E-state index is 0.000941. The molecule has 2 N–H and O–H groups in total. The van der Waals surface area contributed by atoms with Crippen molar-refractivity contribution in [2.75, 3.05) is 57.1 Å². The van der Waals surface area contributed by atoms with Crippen molar-refractivity contribution in [1.29, 1.82) is 0 Å². The molecule has 10 nitrogen and oxygen atoms in total. The molecule has 0 bridgehead atoms. The summed E-state index contributed by atoms with van der Waals surface area (Å²) in [4.78, 5) is 25.7. The lowest BCUT2D eigenvalue weighted by Crippen LogP contribution is -2.32. The van der Waals surface area contributed by atoms with E-state index < -0.39 is 0 Å². The van der Waals surface area contributed by atoms with Crippen molar-refractivity contribution in [3.8, 4) is 0 Å². The minimum Gasteiger partial charge on any atom is -0.368 e. The van der Waals surface area contributed by atoms with E-state index in [1.54, 1.807) is 4.90 Å². The molecule has 0 atom stereocenters. The number of rotatable bonds is 9. The lowest BCUT2D eigenvalue weighted by molar-refractivity contribution is -0.108. The van der Waals surface area contributed by atoms with Gasteiger partial charge >= 0.3 is 0 Å². The maximum atomic E-state index is 11.0. The molecule has 0 aliphatic heterocycles. The molecular formula is C10H18N6O4. The van der Waals surface area contributed by atoms with Crippen LogP contribution in [-0.2, 0) is 19.0 Å². The molecule has 0 radical (unpaired) electrons. The monoisotopic (exact) mass is 286 g/mol. The Hall–Kier alpha value is -2.04. The third kappa shape index (κ3) is 4.26. The van der Waals surface area contributed by atoms with Crippen LogP contribution in [0.15, 0.2) is 0 Å². The summed E-state index contributed by atoms with van der Waals surface area (Å²) in [6, 6.07) is 0. The normalized spacial score (nSPS) is 10.3. The first kappa shape index (κ1) is 16.0. The van der Waals surface area contributed by atoms with Crippen molar-refractivity contribution in [1.82, 2.24) is 15.0 Å². The summed E-state index contributed by atoms with van der Waals surface area (Å²) in [5.41, 5.74) is 5.62. The van der Waals surface area contributed by atoms with Gasteiger partial charge in [0.05, 0.1) is 0 Å². The molecule has 1 amide bonds. The Morgan fingerprint density at radius 1 is 1.00 bits per heavy atom. The number of anilines is 3. The average molecular weight is 286 g/mol. The first-order valence-corrected chi connectivity index (χ1v) is 5.61. The Balaban J connectivity index is 3.07. The number of ether oxygens (including phenoxy) is 3. The van der Waals surface area contributed by atoms with Crippen LogP contribution < -0.4 is 15.5 Å². The van der Waals surface area contributed by atoms with Gasteiger partial charge in [-0.05, 0) is 0 Å². The molecule has 1 rings (SSSR count). The van der Waals surface area contributed by atoms with Crippen LogP contribution in [0.2, 0.25) is 0 Å². The number of carbonyl (C=O) groups excluding carboxylic acids is 1. The van der Waals surface area contributed by atoms with Crippen LogP contribution in [0.1, 0.15) is 0 Å². The number of hydrogen-bond donors (Lipinski definition) is 1. The fourth-order valence-electron chi connectivity index (χ4n) is 1.38. The number of aromatic nitrogens is 3. The highest BCUT2D eigenvalue weighted by Gasteiger charge is 2.16. The lowest BCUT2D eigenvalue weighted by atomic mass is 10.7. The molecule has 10 heteroatoms. The Kier molecular flexibility index (Phi) is 6.56. The quantitative estimate of drug-likeness (QED) is 0.452. The topological polar surface area (TPSA) is 116 Å². The van der Waals surface area contributed by atoms with Crippen molar-refractivity contribution in [3.05, 3.63) is 0 Å². The Morgan fingerprint density at radius 3 is 2.05 bits per heavy atom. The molecular weight excluding hydrogens is 268 g/mol. The zero-order chi connectivity index (χ0) is 15.0. The van der Waals surface area contributed by atoms with Gasteiger partial charge in [0.1, 0.15) is 20.2 Å². The summed E-state index contributed by atoms with van der Waals surface area (Å²) in [5.74, 6) is 0.297. The van der Waals surface area contributed by atoms with Gasteiger partial charge in [-0.3, -0.25) is 14.6 Å². The molecule has 0 aromatic carbocycles. The highest BCUT2D eigenvalue weighted by Crippen LogP contribution is 2.14. The molecule has 0 unspecified atom stereocenters. The number of amides is 1. The first-order valence-electron chi connectivity index (χ1n) is 5.61. The predicted octanol–water partition coefficient (Wildman–Crippen LogP) is -0.965. The number of nitrogen functional groups attached to an aromatic ring is 1. The summed E-state index contributed by atoms with van der Waals surface area (Å²) >= 11 is 0. The van der Waals surface area contributed by atoms with E-state index in [9.17, 15) is 4.79 Å². The van der Waals surface area contributed by atoms with Gasteiger partial charge in [0.15, 0.2) is 0 Å². The first-order chi connectivity index (χ1) is 9.65. The van der Waals surface area contributed by atoms with E-state index in [1.807, 2.05) is 0 Å². The summed E-state index contributed by atoms with van der Waals surface area (Å²) in [6.07, 6.45) is 0.541. The van der Waals surface area contributed by atoms with Crippen molar-refractivity contribution in [3.63, 3.8) is 0 Å². The van der Waals surface area contributed by atoms with Gasteiger partial charge < -0.3 is 19.9 Å². The maximum absolute atomic E-state index is 11.0. The van der Waals surface area contributed by atoms with Gasteiger partial charge in [-0.2, -0.15) is 15.0 Å². The lowest BCUT2D eigenvalue weighted by Gasteiger charge is -2.22. The molecule has 112 valence electrons. The Labute approximate surface area is 116 Å². The molecule has 0 fully saturated rings. The molecule has 1 aromatic rings. The van der Waals surface area contributed by atoms with E-state index in [4.69, 9.17) is 19.9 Å². The van der Waals surface area contributed by atoms with E-state index in [-0.39, 0.29) is 38.0 Å². The molecule has 0 saturated carbocycles. The average Bonchev–Trinajstić information content (AvgIpc) is 2.43. The minimum atomic E-state index is -0.0230. The SMILES string of the molecule is COCN(C=O)c1nc(N)nc(N(COC)COC)n1. The van der Waals surface area contributed by atoms with Crippen molar-refractivity contribution >= 4 is 24.3 Å². The number of carbonyl (C=O) groups is 1. The smallest absolute Gasteiger partial charge is 0.240 e. The van der Waals surface area contributed by atoms with Crippen molar-refractivity contribution in [2.24, 2.45) is 0 Å². The van der Waals surface area contributed by atoms with E-state index >= 15 is 0 Å². The van der Waals surface area contributed by atoms with Gasteiger partial charge in [0, 0.05) is 21.3 Å². The highest BCUT2D eigenvalue weighted by molar-refractivity contribution is 5.71. The molecule has 1 heterocycles. The molecule has 0 saturated heterocycles. The third-order valence-corrected chi connectivity index (χ3v) is 2.13. The predicted molar refractivity (Wildman–Crippen MR) is 70.9 cm³/mol. The zero-order valence-electron chi connectivity index (χ0n) is 11.6. The second-order valence-corrected chi connectivity index (χ2v) is 3.66. The van der Waals surface area contributed by atoms with Crippen LogP contribution in [0.5, 0.6) is 0 Å². The van der Waals surface area contributed by atoms with Crippen LogP contribution >= 0.6 is 0 Å². The van der Waals surface area contributed by atoms with Crippen LogP contribution in [-0.4, -0.2) is 62.9 Å². The van der Waals surface area contributed by atoms with Gasteiger partial charge in [-0.15, -0.1) is 0 Å². The van der Waals surface area contributed by atoms with Crippen LogP contribution in [0.3, 0.4) is 0 Å². The molecule has 20 heavy (non-hydrogen) atoms. The second-order valence-electron chi connectivity index (χ2n) is 3.66. The van der Waals surface area contributed by atoms with E-state index in [1.165, 1.54) is 21.3 Å². The van der Waals surface area contributed by atoms with Crippen LogP contribution in [0.4, 0.5) is 17.8 Å². The number of nitrogens with zero attached hydrogens (tertiary/aromatic N) is 5. The summed E-state index contributed by atoms with van der Waals surface area (Å²) < 4.78 is 14.9. The molecule has 0 aliphatic carbocycles. The fraction of sp³-hybridized carbons (Fsp3) is 0.600. The standard InChI is InChI=1S/C10H18N6O4/c1-18-5-15(4-17)9-12-8(11)13-10(14-9)16(6-19-2)7-20-3/h4H,5-7H2,1-3H3,(H2,11,12,13,14). The van der Waals surface area contributed by atoms with Gasteiger partial charge in [0.2, 0.25) is 24.3 Å². The largest absolute Gasteiger partial charge is 0.368 e. The molecule has 1 aromatic heterocycles. The van der Waals surface area contributed by atoms with Crippen molar-refractivity contribution < 1.29 is 19.0 Å². The third-order valence-electron chi connectivity index (χ3n) is 2.13. The van der Waals surface area contributed by atoms with Crippen molar-refractivity contribution in [2.45, 2.75) is 0 Å². The van der Waals surface area contributed by atoms with Crippen LogP contribution in [0.25, 0.3) is 0 Å². The van der Waals surface area contributed by atoms with E-state index in [2.05, 4.69) is 15.0 Å². The maximum Gasteiger partial charge on any atom is 0.240 e. The molecule has 0 spiro atoms. The number of methoxy groups -OCH3 is 3. The summed E-state index contributed by atoms with van der Waals surface area (Å²) in [6.45, 7) is 0.394. The van der Waals surface area contributed by atoms with Gasteiger partial charge in [-0.1, -0.05) is 0 Å². The van der Waals surface area contributed by atoms with Crippen LogP contribution in [0, 0.1) is 0 Å².